The number of ether oxygens (including phenoxy) is 1. The van der Waals surface area contributed by atoms with Gasteiger partial charge in [-0.2, -0.15) is 0 Å². The summed E-state index contributed by atoms with van der Waals surface area (Å²) in [6.07, 6.45) is 3.42. The summed E-state index contributed by atoms with van der Waals surface area (Å²) >= 11 is 2.03. The maximum absolute atomic E-state index is 13.9. The summed E-state index contributed by atoms with van der Waals surface area (Å²) in [5, 5.41) is 44.3. The fourth-order valence-corrected chi connectivity index (χ4v) is 7.38. The molecule has 2 aromatic carbocycles. The Labute approximate surface area is 285 Å². The number of imide groups is 1. The van der Waals surface area contributed by atoms with Crippen LogP contribution in [0.2, 0.25) is 0 Å². The largest absolute Gasteiger partial charge is 0.504 e. The minimum absolute atomic E-state index is 0.0443. The van der Waals surface area contributed by atoms with Gasteiger partial charge in [-0.25, -0.2) is 4.90 Å². The quantitative estimate of drug-likeness (QED) is 0.0727. The first-order valence-electron chi connectivity index (χ1n) is 15.3. The Morgan fingerprint density at radius 2 is 1.94 bits per heavy atom. The Morgan fingerprint density at radius 3 is 2.57 bits per heavy atom. The van der Waals surface area contributed by atoms with E-state index in [1.807, 2.05) is 66.8 Å². The van der Waals surface area contributed by atoms with E-state index in [-0.39, 0.29) is 35.9 Å². The maximum Gasteiger partial charge on any atom is 0.271 e. The molecule has 2 amide bonds. The van der Waals surface area contributed by atoms with Crippen LogP contribution in [-0.4, -0.2) is 56.9 Å². The molecule has 2 heterocycles. The average molecular weight is 754 g/mol. The van der Waals surface area contributed by atoms with Crippen LogP contribution in [0.25, 0.3) is 11.6 Å². The van der Waals surface area contributed by atoms with Crippen molar-refractivity contribution in [2.45, 2.75) is 39.2 Å². The van der Waals surface area contributed by atoms with Crippen LogP contribution in [0.3, 0.4) is 0 Å². The lowest BCUT2D eigenvalue weighted by Crippen LogP contribution is -2.39. The number of nitro groups is 1. The molecular weight excluding hydrogens is 717 g/mol. The van der Waals surface area contributed by atoms with Crippen LogP contribution in [0, 0.1) is 37.4 Å². The van der Waals surface area contributed by atoms with E-state index in [1.165, 1.54) is 31.4 Å². The number of rotatable bonds is 11. The molecule has 0 radical (unpaired) electrons. The minimum Gasteiger partial charge on any atom is -0.504 e. The van der Waals surface area contributed by atoms with Gasteiger partial charge in [0.1, 0.15) is 0 Å². The van der Waals surface area contributed by atoms with Gasteiger partial charge in [0.2, 0.25) is 11.8 Å². The number of hydrogen-bond donors (Lipinski definition) is 3. The van der Waals surface area contributed by atoms with Gasteiger partial charge in [-0.15, -0.1) is 0 Å². The molecule has 0 spiro atoms. The number of phenolic OH excluding ortho intramolecular Hbond substituents is 1. The van der Waals surface area contributed by atoms with E-state index in [1.54, 1.807) is 12.3 Å². The van der Waals surface area contributed by atoms with Crippen molar-refractivity contribution in [1.29, 1.82) is 0 Å². The summed E-state index contributed by atoms with van der Waals surface area (Å²) in [7, 11) is 1.48. The molecular formula is C35H36IN3O8. The molecule has 1 aliphatic carbocycles. The fourth-order valence-electron chi connectivity index (χ4n) is 6.75. The van der Waals surface area contributed by atoms with E-state index in [2.05, 4.69) is 4.98 Å². The number of aliphatic hydroxyl groups excluding tert-OH is 2. The van der Waals surface area contributed by atoms with Gasteiger partial charge < -0.3 is 20.1 Å². The Balaban J connectivity index is 1.47. The number of nitro benzene ring substituents is 1. The third-order valence-electron chi connectivity index (χ3n) is 8.96. The zero-order valence-corrected chi connectivity index (χ0v) is 28.3. The molecule has 1 saturated heterocycles. The van der Waals surface area contributed by atoms with Crippen molar-refractivity contribution in [3.8, 4) is 11.5 Å². The zero-order chi connectivity index (χ0) is 34.0. The number of fused-ring (bicyclic) bond motifs is 1. The number of pyridine rings is 1. The van der Waals surface area contributed by atoms with Crippen LogP contribution in [0.5, 0.6) is 11.5 Å². The first-order valence-corrected chi connectivity index (χ1v) is 16.4. The van der Waals surface area contributed by atoms with Crippen molar-refractivity contribution < 1.29 is 34.6 Å². The van der Waals surface area contributed by atoms with Gasteiger partial charge in [0.25, 0.3) is 5.69 Å². The van der Waals surface area contributed by atoms with Crippen LogP contribution < -0.4 is 9.64 Å². The summed E-state index contributed by atoms with van der Waals surface area (Å²) in [4.78, 5) is 43.9. The van der Waals surface area contributed by atoms with Crippen molar-refractivity contribution in [3.63, 3.8) is 0 Å². The molecule has 1 fully saturated rings. The average Bonchev–Trinajstić information content (AvgIpc) is 3.32. The first kappa shape index (κ1) is 34.2. The molecule has 4 atom stereocenters. The number of hydrogen-bond acceptors (Lipinski definition) is 9. The third-order valence-corrected chi connectivity index (χ3v) is 9.79. The summed E-state index contributed by atoms with van der Waals surface area (Å²) < 4.78 is 5.95. The van der Waals surface area contributed by atoms with Crippen molar-refractivity contribution in [2.24, 2.45) is 23.7 Å². The number of non-ortho nitro benzene ring substituents is 1. The van der Waals surface area contributed by atoms with Crippen LogP contribution in [-0.2, 0) is 9.59 Å². The second kappa shape index (κ2) is 14.3. The van der Waals surface area contributed by atoms with Crippen molar-refractivity contribution >= 4 is 57.4 Å². The predicted molar refractivity (Wildman–Crippen MR) is 184 cm³/mol. The van der Waals surface area contributed by atoms with Crippen LogP contribution in [0.4, 0.5) is 11.4 Å². The second-order valence-electron chi connectivity index (χ2n) is 12.0. The number of nitrogens with zero attached hydrogens (tertiary/aromatic N) is 3. The lowest BCUT2D eigenvalue weighted by atomic mass is 9.66. The highest BCUT2D eigenvalue weighted by atomic mass is 127. The smallest absolute Gasteiger partial charge is 0.271 e. The number of benzene rings is 2. The maximum atomic E-state index is 13.9. The zero-order valence-electron chi connectivity index (χ0n) is 26.2. The SMILES string of the molecule is COc1cc(/C=C(/CC[C@@H](O)C2=C(C(C)C)C[C@H]3C(=O)N(c4cccc([N+](=O)[O-])c4)C(=O)[C@H]3[C@H]2CO)c2ccccn2)cc(I)c1O. The van der Waals surface area contributed by atoms with Gasteiger partial charge in [0.05, 0.1) is 51.5 Å². The van der Waals surface area contributed by atoms with Crippen molar-refractivity contribution in [2.75, 3.05) is 18.6 Å². The monoisotopic (exact) mass is 753 g/mol. The number of allylic oxidation sites excluding steroid dienone is 2. The molecule has 0 unspecified atom stereocenters. The molecule has 12 heteroatoms. The Morgan fingerprint density at radius 1 is 1.17 bits per heavy atom. The Hall–Kier alpha value is -4.14. The highest BCUT2D eigenvalue weighted by Crippen LogP contribution is 2.49. The number of anilines is 1. The number of methoxy groups -OCH3 is 1. The van der Waals surface area contributed by atoms with E-state index in [9.17, 15) is 35.0 Å². The highest BCUT2D eigenvalue weighted by Gasteiger charge is 2.55. The molecule has 47 heavy (non-hydrogen) atoms. The first-order chi connectivity index (χ1) is 22.5. The Bertz CT molecular complexity index is 1760. The molecule has 5 rings (SSSR count). The molecule has 3 N–H and O–H groups in total. The summed E-state index contributed by atoms with van der Waals surface area (Å²) in [6.45, 7) is 3.45. The normalized spacial score (nSPS) is 20.5. The summed E-state index contributed by atoms with van der Waals surface area (Å²) in [5.41, 5.74) is 3.54. The van der Waals surface area contributed by atoms with Crippen LogP contribution in [0.15, 0.2) is 71.9 Å². The van der Waals surface area contributed by atoms with E-state index < -0.39 is 47.2 Å². The number of halogens is 1. The lowest BCUT2D eigenvalue weighted by molar-refractivity contribution is -0.384. The van der Waals surface area contributed by atoms with Gasteiger partial charge >= 0.3 is 0 Å². The molecule has 1 aliphatic heterocycles. The summed E-state index contributed by atoms with van der Waals surface area (Å²) in [6, 6.07) is 14.5. The number of aromatic nitrogens is 1. The molecule has 246 valence electrons. The van der Waals surface area contributed by atoms with Gasteiger partial charge in [-0.05, 0) is 101 Å². The van der Waals surface area contributed by atoms with E-state index in [4.69, 9.17) is 4.74 Å². The predicted octanol–water partition coefficient (Wildman–Crippen LogP) is 5.76. The van der Waals surface area contributed by atoms with E-state index in [0.717, 1.165) is 21.6 Å². The van der Waals surface area contributed by atoms with Gasteiger partial charge in [-0.3, -0.25) is 24.7 Å². The number of carbonyl (C=O) groups is 2. The van der Waals surface area contributed by atoms with Crippen molar-refractivity contribution in [1.82, 2.24) is 4.98 Å². The van der Waals surface area contributed by atoms with E-state index in [0.29, 0.717) is 27.0 Å². The topological polar surface area (TPSA) is 163 Å². The van der Waals surface area contributed by atoms with Crippen LogP contribution in [0.1, 0.15) is 44.4 Å². The molecule has 11 nitrogen and oxygen atoms in total. The van der Waals surface area contributed by atoms with Gasteiger partial charge in [0.15, 0.2) is 11.5 Å². The standard InChI is InChI=1S/C35H36IN3O8/c1-19(2)24-17-25-32(35(44)38(34(25)43)22-7-6-8-23(16-22)39(45)46)26(18-40)31(24)29(41)11-10-21(28-9-4-5-12-37-28)13-20-14-27(36)33(42)30(15-20)47-3/h4-9,12-16,19,25-26,29,32,40-42H,10-11,17-18H2,1-3H3/b21-13-/t25-,26+,29-,32-/m1/s1. The third kappa shape index (κ3) is 6.81. The fraction of sp³-hybridized carbons (Fsp3) is 0.343. The number of phenols is 1. The molecule has 1 aromatic heterocycles. The minimum atomic E-state index is -1.04. The van der Waals surface area contributed by atoms with E-state index >= 15 is 0 Å². The number of carbonyl (C=O) groups excluding carboxylic acids is 2. The van der Waals surface area contributed by atoms with Crippen molar-refractivity contribution in [3.05, 3.63) is 96.9 Å². The highest BCUT2D eigenvalue weighted by molar-refractivity contribution is 14.1. The second-order valence-corrected chi connectivity index (χ2v) is 13.2. The molecule has 2 aliphatic rings. The molecule has 0 saturated carbocycles. The molecule has 3 aromatic rings. The van der Waals surface area contributed by atoms with Gasteiger partial charge in [0, 0.05) is 24.2 Å². The molecule has 0 bridgehead atoms. The summed E-state index contributed by atoms with van der Waals surface area (Å²) in [5.74, 6) is -3.22. The van der Waals surface area contributed by atoms with Gasteiger partial charge in [-0.1, -0.05) is 31.6 Å². The number of aliphatic hydroxyl groups is 2. The number of aromatic hydroxyl groups is 1. The van der Waals surface area contributed by atoms with Crippen LogP contribution >= 0.6 is 22.6 Å². The number of amides is 2. The Kier molecular flexibility index (Phi) is 10.4. The lowest BCUT2D eigenvalue weighted by Gasteiger charge is -2.38.